The van der Waals surface area contributed by atoms with E-state index in [1.54, 1.807) is 25.1 Å². The quantitative estimate of drug-likeness (QED) is 0.366. The summed E-state index contributed by atoms with van der Waals surface area (Å²) in [6.45, 7) is 1.71. The maximum absolute atomic E-state index is 12.3. The Morgan fingerprint density at radius 1 is 1.50 bits per heavy atom. The zero-order valence-electron chi connectivity index (χ0n) is 5.70. The van der Waals surface area contributed by atoms with Crippen LogP contribution in [0.3, 0.4) is 0 Å². The second kappa shape index (κ2) is 6.13. The van der Waals surface area contributed by atoms with Crippen molar-refractivity contribution in [2.45, 2.75) is 6.92 Å². The monoisotopic (exact) mass is 212 g/mol. The second-order valence-electron chi connectivity index (χ2n) is 1.67. The van der Waals surface area contributed by atoms with Gasteiger partial charge in [0.15, 0.2) is 0 Å². The van der Waals surface area contributed by atoms with Crippen LogP contribution >= 0.6 is 0 Å². The molecule has 0 amide bonds. The van der Waals surface area contributed by atoms with E-state index in [2.05, 4.69) is 6.07 Å². The van der Waals surface area contributed by atoms with Gasteiger partial charge in [0.05, 0.1) is 0 Å². The molecule has 0 aliphatic carbocycles. The van der Waals surface area contributed by atoms with E-state index in [4.69, 9.17) is 0 Å². The third-order valence-electron chi connectivity index (χ3n) is 0.999. The first-order chi connectivity index (χ1) is 3.80. The molecule has 0 unspecified atom stereocenters. The SMILES string of the molecule is Cc1ccc[c-]c1F.[Br-].[Mg+2]. The summed E-state index contributed by atoms with van der Waals surface area (Å²) in [4.78, 5) is 0. The van der Waals surface area contributed by atoms with Crippen molar-refractivity contribution < 1.29 is 21.4 Å². The Morgan fingerprint density at radius 2 is 2.10 bits per heavy atom. The van der Waals surface area contributed by atoms with Crippen LogP contribution in [0.1, 0.15) is 5.56 Å². The van der Waals surface area contributed by atoms with Gasteiger partial charge in [0, 0.05) is 5.82 Å². The number of rotatable bonds is 0. The van der Waals surface area contributed by atoms with Crippen molar-refractivity contribution in [3.05, 3.63) is 35.6 Å². The van der Waals surface area contributed by atoms with Crippen molar-refractivity contribution in [1.82, 2.24) is 0 Å². The molecule has 0 bridgehead atoms. The first-order valence-electron chi connectivity index (χ1n) is 2.43. The van der Waals surface area contributed by atoms with Gasteiger partial charge in [0.1, 0.15) is 0 Å². The Bertz CT molecular complexity index is 170. The van der Waals surface area contributed by atoms with Crippen LogP contribution in [0.2, 0.25) is 0 Å². The summed E-state index contributed by atoms with van der Waals surface area (Å²) in [5.41, 5.74) is 0.646. The Labute approximate surface area is 86.7 Å². The largest absolute Gasteiger partial charge is 2.00 e. The number of halogens is 2. The molecule has 1 aromatic carbocycles. The van der Waals surface area contributed by atoms with E-state index < -0.39 is 0 Å². The minimum absolute atomic E-state index is 0. The summed E-state index contributed by atoms with van der Waals surface area (Å²) in [5.74, 6) is -0.257. The summed E-state index contributed by atoms with van der Waals surface area (Å²) in [6.07, 6.45) is 0. The minimum Gasteiger partial charge on any atom is -1.00 e. The molecule has 0 heterocycles. The fraction of sp³-hybridized carbons (Fsp3) is 0.143. The normalized spacial score (nSPS) is 7.40. The molecule has 0 fully saturated rings. The van der Waals surface area contributed by atoms with Gasteiger partial charge >= 0.3 is 23.1 Å². The van der Waals surface area contributed by atoms with E-state index in [1.807, 2.05) is 0 Å². The number of hydrogen-bond acceptors (Lipinski definition) is 0. The van der Waals surface area contributed by atoms with Gasteiger partial charge < -0.3 is 17.0 Å². The van der Waals surface area contributed by atoms with Gasteiger partial charge in [-0.2, -0.15) is 18.2 Å². The topological polar surface area (TPSA) is 0 Å². The van der Waals surface area contributed by atoms with Crippen LogP contribution in [-0.2, 0) is 0 Å². The zero-order chi connectivity index (χ0) is 5.98. The van der Waals surface area contributed by atoms with Gasteiger partial charge in [-0.15, -0.1) is 11.6 Å². The molecule has 1 aromatic rings. The van der Waals surface area contributed by atoms with Crippen LogP contribution in [0.4, 0.5) is 4.39 Å². The molecule has 0 radical (unpaired) electrons. The van der Waals surface area contributed by atoms with Crippen LogP contribution in [0.5, 0.6) is 0 Å². The molecule has 10 heavy (non-hydrogen) atoms. The van der Waals surface area contributed by atoms with Gasteiger partial charge in [-0.3, -0.25) is 0 Å². The molecule has 0 aliphatic rings. The summed E-state index contributed by atoms with van der Waals surface area (Å²) < 4.78 is 12.3. The second-order valence-corrected chi connectivity index (χ2v) is 1.67. The third kappa shape index (κ3) is 3.54. The molecule has 1 rings (SSSR count). The van der Waals surface area contributed by atoms with Crippen molar-refractivity contribution in [2.75, 3.05) is 0 Å². The van der Waals surface area contributed by atoms with Crippen molar-refractivity contribution in [1.29, 1.82) is 0 Å². The zero-order valence-corrected chi connectivity index (χ0v) is 8.70. The third-order valence-corrected chi connectivity index (χ3v) is 0.999. The number of aryl methyl sites for hydroxylation is 1. The first-order valence-corrected chi connectivity index (χ1v) is 2.43. The fourth-order valence-electron chi connectivity index (χ4n) is 0.501. The molecule has 0 nitrogen and oxygen atoms in total. The van der Waals surface area contributed by atoms with E-state index >= 15 is 0 Å². The molecular formula is C7H6BrFMg. The molecule has 3 heteroatoms. The smallest absolute Gasteiger partial charge is 1.00 e. The molecule has 0 atom stereocenters. The van der Waals surface area contributed by atoms with E-state index in [0.29, 0.717) is 5.56 Å². The first kappa shape index (κ1) is 13.0. The van der Waals surface area contributed by atoms with Gasteiger partial charge in [-0.05, 0) is 0 Å². The average molecular weight is 213 g/mol. The molecule has 0 saturated carbocycles. The summed E-state index contributed by atoms with van der Waals surface area (Å²) >= 11 is 0. The van der Waals surface area contributed by atoms with Crippen LogP contribution in [0.25, 0.3) is 0 Å². The predicted octanol–water partition coefficient (Wildman–Crippen LogP) is -1.44. The van der Waals surface area contributed by atoms with Crippen LogP contribution in [0, 0.1) is 18.8 Å². The Morgan fingerprint density at radius 3 is 2.40 bits per heavy atom. The fourth-order valence-corrected chi connectivity index (χ4v) is 0.501. The Kier molecular flexibility index (Phi) is 7.98. The molecule has 0 aliphatic heterocycles. The predicted molar refractivity (Wildman–Crippen MR) is 35.7 cm³/mol. The van der Waals surface area contributed by atoms with Gasteiger partial charge in [-0.25, -0.2) is 4.39 Å². The Hall–Kier alpha value is 0.396. The summed E-state index contributed by atoms with van der Waals surface area (Å²) in [7, 11) is 0. The summed E-state index contributed by atoms with van der Waals surface area (Å²) in [6, 6.07) is 7.47. The molecule has 0 saturated heterocycles. The van der Waals surface area contributed by atoms with Gasteiger partial charge in [-0.1, -0.05) is 6.92 Å². The minimum atomic E-state index is -0.257. The standard InChI is InChI=1S/C7H6F.BrH.Mg/c1-6-4-2-3-5-7(6)8;;/h2-4H,1H3;1H;/q-1;;+2/p-1. The molecule has 50 valence electrons. The van der Waals surface area contributed by atoms with Crippen molar-refractivity contribution in [3.63, 3.8) is 0 Å². The van der Waals surface area contributed by atoms with Crippen LogP contribution < -0.4 is 17.0 Å². The van der Waals surface area contributed by atoms with E-state index in [9.17, 15) is 4.39 Å². The van der Waals surface area contributed by atoms with Crippen molar-refractivity contribution >= 4 is 23.1 Å². The summed E-state index contributed by atoms with van der Waals surface area (Å²) in [5, 5.41) is 0. The van der Waals surface area contributed by atoms with Crippen molar-refractivity contribution in [2.24, 2.45) is 0 Å². The van der Waals surface area contributed by atoms with Crippen LogP contribution in [0.15, 0.2) is 18.2 Å². The van der Waals surface area contributed by atoms with E-state index in [0.717, 1.165) is 0 Å². The molecular weight excluding hydrogens is 207 g/mol. The van der Waals surface area contributed by atoms with Gasteiger partial charge in [0.2, 0.25) is 0 Å². The average Bonchev–Trinajstić information content (AvgIpc) is 1.77. The van der Waals surface area contributed by atoms with Gasteiger partial charge in [0.25, 0.3) is 0 Å². The van der Waals surface area contributed by atoms with E-state index in [1.165, 1.54) is 0 Å². The Balaban J connectivity index is 0. The molecule has 0 aromatic heterocycles. The number of benzene rings is 1. The van der Waals surface area contributed by atoms with Crippen LogP contribution in [-0.4, -0.2) is 23.1 Å². The number of hydrogen-bond donors (Lipinski definition) is 0. The maximum Gasteiger partial charge on any atom is 2.00 e. The molecule has 0 spiro atoms. The van der Waals surface area contributed by atoms with Crippen molar-refractivity contribution in [3.8, 4) is 0 Å². The molecule has 0 N–H and O–H groups in total. The maximum atomic E-state index is 12.3. The van der Waals surface area contributed by atoms with E-state index in [-0.39, 0.29) is 45.9 Å².